The Morgan fingerprint density at radius 2 is 1.44 bits per heavy atom. The van der Waals surface area contributed by atoms with Crippen molar-refractivity contribution in [2.75, 3.05) is 40.3 Å². The fourth-order valence-corrected chi connectivity index (χ4v) is 8.79. The van der Waals surface area contributed by atoms with Gasteiger partial charge in [0.1, 0.15) is 5.75 Å². The first-order valence-corrected chi connectivity index (χ1v) is 17.3. The van der Waals surface area contributed by atoms with Gasteiger partial charge in [-0.2, -0.15) is 0 Å². The average Bonchev–Trinajstić information content (AvgIpc) is 3.25. The van der Waals surface area contributed by atoms with Crippen LogP contribution in [0.5, 0.6) is 5.75 Å². The Morgan fingerprint density at radius 3 is 2.04 bits per heavy atom. The molecule has 3 atom stereocenters. The summed E-state index contributed by atoms with van der Waals surface area (Å²) in [4.78, 5) is 46.7. The topological polar surface area (TPSA) is 123 Å². The van der Waals surface area contributed by atoms with Crippen molar-refractivity contribution < 1.29 is 29.3 Å². The van der Waals surface area contributed by atoms with E-state index < -0.39 is 17.9 Å². The Hall–Kier alpha value is -3.57. The van der Waals surface area contributed by atoms with Gasteiger partial charge in [0, 0.05) is 71.3 Å². The minimum absolute atomic E-state index is 0.139. The minimum Gasteiger partial charge on any atom is -0.496 e. The molecule has 2 bridgehead atoms. The molecule has 48 heavy (non-hydrogen) atoms. The number of para-hydroxylation sites is 1. The van der Waals surface area contributed by atoms with E-state index in [1.54, 1.807) is 30.2 Å². The lowest BCUT2D eigenvalue weighted by atomic mass is 9.78. The zero-order valence-electron chi connectivity index (χ0n) is 27.3. The van der Waals surface area contributed by atoms with E-state index in [4.69, 9.17) is 27.9 Å². The smallest absolute Gasteiger partial charge is 0.334 e. The van der Waals surface area contributed by atoms with Crippen LogP contribution in [0.2, 0.25) is 10.0 Å². The number of allylic oxidation sites excluding steroid dienone is 1. The molecule has 1 amide bonds. The van der Waals surface area contributed by atoms with Crippen LogP contribution in [-0.2, 0) is 20.8 Å². The zero-order chi connectivity index (χ0) is 34.1. The zero-order valence-corrected chi connectivity index (χ0v) is 28.8. The number of fused-ring (bicyclic) bond motifs is 2. The van der Waals surface area contributed by atoms with E-state index in [0.29, 0.717) is 49.1 Å². The molecule has 10 nitrogen and oxygen atoms in total. The van der Waals surface area contributed by atoms with Crippen LogP contribution in [0.25, 0.3) is 0 Å². The number of ether oxygens (including phenoxy) is 1. The molecule has 256 valence electrons. The maximum atomic E-state index is 13.9. The van der Waals surface area contributed by atoms with Gasteiger partial charge in [-0.25, -0.2) is 9.59 Å². The second kappa shape index (κ2) is 14.5. The highest BCUT2D eigenvalue weighted by Gasteiger charge is 2.43. The number of hydrogen-bond donors (Lipinski definition) is 3. The van der Waals surface area contributed by atoms with Gasteiger partial charge < -0.3 is 30.1 Å². The van der Waals surface area contributed by atoms with E-state index >= 15 is 0 Å². The van der Waals surface area contributed by atoms with E-state index in [0.717, 1.165) is 31.5 Å². The summed E-state index contributed by atoms with van der Waals surface area (Å²) in [7, 11) is 3.80. The standard InChI is InChI=1S/C36H42Cl2N4O6/c1-40-22-11-12-23(40)19-24(18-22)41-14-16-42(17-15-41)30(43)20-28-33(36(46)47)34(31-25(37)7-5-8-26(31)38)32(35(44)45)27(39-28)13-10-21-6-3-4-9-29(21)48-2/h3-9,22-24,34,39H,10-20H2,1-2H3,(H,44,45)(H,46,47). The van der Waals surface area contributed by atoms with Crippen LogP contribution in [0.1, 0.15) is 55.6 Å². The van der Waals surface area contributed by atoms with Gasteiger partial charge in [0.05, 0.1) is 30.6 Å². The van der Waals surface area contributed by atoms with E-state index in [1.807, 2.05) is 24.3 Å². The van der Waals surface area contributed by atoms with Gasteiger partial charge in [0.2, 0.25) is 5.91 Å². The predicted molar refractivity (Wildman–Crippen MR) is 183 cm³/mol. The number of aliphatic carboxylic acids is 2. The molecular formula is C36H42Cl2N4O6. The van der Waals surface area contributed by atoms with Crippen molar-refractivity contribution in [1.29, 1.82) is 0 Å². The quantitative estimate of drug-likeness (QED) is 0.309. The number of amides is 1. The largest absolute Gasteiger partial charge is 0.496 e. The average molecular weight is 698 g/mol. The maximum absolute atomic E-state index is 13.9. The second-order valence-corrected chi connectivity index (χ2v) is 14.0. The van der Waals surface area contributed by atoms with Crippen molar-refractivity contribution in [2.24, 2.45) is 0 Å². The van der Waals surface area contributed by atoms with Crippen LogP contribution < -0.4 is 10.1 Å². The Bertz CT molecular complexity index is 1620. The van der Waals surface area contributed by atoms with Crippen molar-refractivity contribution in [2.45, 2.75) is 69.0 Å². The number of methoxy groups -OCH3 is 1. The van der Waals surface area contributed by atoms with Crippen molar-refractivity contribution in [1.82, 2.24) is 20.0 Å². The molecule has 0 spiro atoms. The Kier molecular flexibility index (Phi) is 10.4. The van der Waals surface area contributed by atoms with Crippen LogP contribution in [0, 0.1) is 0 Å². The third kappa shape index (κ3) is 6.81. The molecule has 6 rings (SSSR count). The first-order chi connectivity index (χ1) is 23.1. The van der Waals surface area contributed by atoms with Gasteiger partial charge in [-0.15, -0.1) is 0 Å². The monoisotopic (exact) mass is 696 g/mol. The normalized spacial score (nSPS) is 24.9. The highest BCUT2D eigenvalue weighted by atomic mass is 35.5. The molecule has 3 fully saturated rings. The molecule has 4 aliphatic rings. The van der Waals surface area contributed by atoms with Crippen LogP contribution in [0.4, 0.5) is 0 Å². The van der Waals surface area contributed by atoms with Gasteiger partial charge >= 0.3 is 11.9 Å². The molecule has 3 unspecified atom stereocenters. The number of rotatable bonds is 10. The molecule has 4 aliphatic heterocycles. The molecule has 0 radical (unpaired) electrons. The number of dihydropyridines is 1. The first-order valence-electron chi connectivity index (χ1n) is 16.6. The fraction of sp³-hybridized carbons (Fsp3) is 0.472. The van der Waals surface area contributed by atoms with Crippen molar-refractivity contribution >= 4 is 41.0 Å². The number of nitrogens with zero attached hydrogens (tertiary/aromatic N) is 3. The summed E-state index contributed by atoms with van der Waals surface area (Å²) in [6, 6.07) is 13.9. The molecule has 0 saturated carbocycles. The number of piperidine rings is 1. The lowest BCUT2D eigenvalue weighted by Crippen LogP contribution is -2.56. The van der Waals surface area contributed by atoms with Crippen molar-refractivity contribution in [3.05, 3.63) is 86.2 Å². The molecular weight excluding hydrogens is 655 g/mol. The number of carboxylic acids is 2. The van der Waals surface area contributed by atoms with E-state index in [9.17, 15) is 24.6 Å². The Morgan fingerprint density at radius 1 is 0.833 bits per heavy atom. The van der Waals surface area contributed by atoms with E-state index in [-0.39, 0.29) is 51.2 Å². The van der Waals surface area contributed by atoms with E-state index in [1.165, 1.54) is 12.8 Å². The molecule has 2 aromatic rings. The van der Waals surface area contributed by atoms with Crippen molar-refractivity contribution in [3.8, 4) is 5.75 Å². The molecule has 12 heteroatoms. The number of carboxylic acid groups (broad SMARTS) is 2. The molecule has 0 aromatic heterocycles. The van der Waals surface area contributed by atoms with Gasteiger partial charge in [-0.3, -0.25) is 9.69 Å². The second-order valence-electron chi connectivity index (χ2n) is 13.2. The summed E-state index contributed by atoms with van der Waals surface area (Å²) in [5, 5.41) is 24.6. The number of benzene rings is 2. The van der Waals surface area contributed by atoms with E-state index in [2.05, 4.69) is 22.2 Å². The maximum Gasteiger partial charge on any atom is 0.334 e. The lowest BCUT2D eigenvalue weighted by Gasteiger charge is -2.45. The van der Waals surface area contributed by atoms with Crippen LogP contribution in [-0.4, -0.2) is 101 Å². The number of carbonyl (C=O) groups is 3. The number of hydrogen-bond acceptors (Lipinski definition) is 7. The Balaban J connectivity index is 1.28. The number of piperazine rings is 1. The number of nitrogens with one attached hydrogen (secondary N) is 1. The molecule has 0 aliphatic carbocycles. The SMILES string of the molecule is COc1ccccc1CCC1=C(C(=O)O)C(c2c(Cl)cccc2Cl)C(C(=O)O)=C(CC(=O)N2CCN(C3CC4CCC(C3)N4C)CC2)N1. The van der Waals surface area contributed by atoms with Gasteiger partial charge in [0.15, 0.2) is 0 Å². The number of aryl methyl sites for hydroxylation is 1. The van der Waals surface area contributed by atoms with Crippen LogP contribution in [0.15, 0.2) is 65.0 Å². The highest BCUT2D eigenvalue weighted by Crippen LogP contribution is 2.45. The summed E-state index contributed by atoms with van der Waals surface area (Å²) in [5.41, 5.74) is 1.04. The van der Waals surface area contributed by atoms with Gasteiger partial charge in [0.25, 0.3) is 0 Å². The van der Waals surface area contributed by atoms with Crippen LogP contribution in [0.3, 0.4) is 0 Å². The van der Waals surface area contributed by atoms with Crippen molar-refractivity contribution in [3.63, 3.8) is 0 Å². The number of halogens is 2. The summed E-state index contributed by atoms with van der Waals surface area (Å²) in [5.74, 6) is -3.53. The third-order valence-corrected chi connectivity index (χ3v) is 11.4. The predicted octanol–water partition coefficient (Wildman–Crippen LogP) is 5.16. The van der Waals surface area contributed by atoms with Crippen LogP contribution >= 0.6 is 23.2 Å². The Labute approximate surface area is 290 Å². The summed E-state index contributed by atoms with van der Waals surface area (Å²) >= 11 is 13.2. The highest BCUT2D eigenvalue weighted by molar-refractivity contribution is 6.36. The molecule has 2 aromatic carbocycles. The number of carbonyl (C=O) groups excluding carboxylic acids is 1. The lowest BCUT2D eigenvalue weighted by molar-refractivity contribution is -0.133. The summed E-state index contributed by atoms with van der Waals surface area (Å²) < 4.78 is 5.50. The van der Waals surface area contributed by atoms with Gasteiger partial charge in [-0.1, -0.05) is 47.5 Å². The first kappa shape index (κ1) is 34.3. The summed E-state index contributed by atoms with van der Waals surface area (Å²) in [6.45, 7) is 2.63. The molecule has 3 N–H and O–H groups in total. The molecule has 4 heterocycles. The third-order valence-electron chi connectivity index (χ3n) is 10.7. The summed E-state index contributed by atoms with van der Waals surface area (Å²) in [6.07, 6.45) is 5.19. The molecule has 3 saturated heterocycles. The minimum atomic E-state index is -1.35. The fourth-order valence-electron chi connectivity index (χ4n) is 8.18. The van der Waals surface area contributed by atoms with Gasteiger partial charge in [-0.05, 0) is 69.3 Å².